The molecular formula is C15H24N2O2S. The second-order valence-corrected chi connectivity index (χ2v) is 7.97. The molecule has 1 saturated carbocycles. The minimum atomic E-state index is -3.45. The molecule has 1 aliphatic rings. The van der Waals surface area contributed by atoms with Gasteiger partial charge in [0.25, 0.3) is 0 Å². The predicted molar refractivity (Wildman–Crippen MR) is 80.8 cm³/mol. The first-order chi connectivity index (χ1) is 9.32. The summed E-state index contributed by atoms with van der Waals surface area (Å²) in [5.74, 6) is 0. The van der Waals surface area contributed by atoms with Gasteiger partial charge in [0, 0.05) is 12.6 Å². The third kappa shape index (κ3) is 3.59. The standard InChI is InChI=1S/C15H24N2O2S/c1-12(16)13-6-5-7-14(10-13)20(18,19)17-11-15(2)8-3-4-9-15/h5-7,10,12,17H,3-4,8-9,11,16H2,1-2H3. The Kier molecular flexibility index (Phi) is 4.52. The lowest BCUT2D eigenvalue weighted by atomic mass is 9.89. The van der Waals surface area contributed by atoms with Crippen LogP contribution in [0, 0.1) is 5.41 Å². The summed E-state index contributed by atoms with van der Waals surface area (Å²) >= 11 is 0. The molecular weight excluding hydrogens is 272 g/mol. The van der Waals surface area contributed by atoms with E-state index in [0.717, 1.165) is 18.4 Å². The number of benzene rings is 1. The van der Waals surface area contributed by atoms with Gasteiger partial charge >= 0.3 is 0 Å². The topological polar surface area (TPSA) is 72.2 Å². The lowest BCUT2D eigenvalue weighted by Crippen LogP contribution is -2.34. The van der Waals surface area contributed by atoms with E-state index in [1.165, 1.54) is 12.8 Å². The van der Waals surface area contributed by atoms with Crippen LogP contribution in [-0.2, 0) is 10.0 Å². The van der Waals surface area contributed by atoms with Crippen molar-refractivity contribution in [1.82, 2.24) is 4.72 Å². The summed E-state index contributed by atoms with van der Waals surface area (Å²) in [5, 5.41) is 0. The van der Waals surface area contributed by atoms with Crippen LogP contribution in [0.25, 0.3) is 0 Å². The molecule has 4 nitrogen and oxygen atoms in total. The molecule has 0 heterocycles. The summed E-state index contributed by atoms with van der Waals surface area (Å²) in [4.78, 5) is 0.300. The van der Waals surface area contributed by atoms with Gasteiger partial charge in [-0.3, -0.25) is 0 Å². The van der Waals surface area contributed by atoms with Gasteiger partial charge < -0.3 is 5.73 Å². The lowest BCUT2D eigenvalue weighted by Gasteiger charge is -2.23. The molecule has 0 aromatic heterocycles. The first-order valence-electron chi connectivity index (χ1n) is 7.18. The van der Waals surface area contributed by atoms with Crippen LogP contribution >= 0.6 is 0 Å². The first kappa shape index (κ1) is 15.5. The smallest absolute Gasteiger partial charge is 0.240 e. The maximum Gasteiger partial charge on any atom is 0.240 e. The molecule has 0 saturated heterocycles. The Morgan fingerprint density at radius 2 is 2.00 bits per heavy atom. The van der Waals surface area contributed by atoms with Crippen molar-refractivity contribution in [3.63, 3.8) is 0 Å². The Morgan fingerprint density at radius 3 is 2.60 bits per heavy atom. The highest BCUT2D eigenvalue weighted by molar-refractivity contribution is 7.89. The fourth-order valence-electron chi connectivity index (χ4n) is 2.72. The Morgan fingerprint density at radius 1 is 1.35 bits per heavy atom. The molecule has 3 N–H and O–H groups in total. The van der Waals surface area contributed by atoms with Crippen LogP contribution in [0.2, 0.25) is 0 Å². The van der Waals surface area contributed by atoms with Crippen molar-refractivity contribution in [2.45, 2.75) is 50.5 Å². The number of rotatable bonds is 5. The summed E-state index contributed by atoms with van der Waals surface area (Å²) in [5.41, 5.74) is 6.74. The van der Waals surface area contributed by atoms with E-state index in [-0.39, 0.29) is 11.5 Å². The maximum absolute atomic E-state index is 12.4. The van der Waals surface area contributed by atoms with Crippen LogP contribution in [0.5, 0.6) is 0 Å². The molecule has 1 fully saturated rings. The molecule has 1 aliphatic carbocycles. The monoisotopic (exact) mass is 296 g/mol. The Bertz CT molecular complexity index is 561. The maximum atomic E-state index is 12.4. The Hall–Kier alpha value is -0.910. The fourth-order valence-corrected chi connectivity index (χ4v) is 3.98. The van der Waals surface area contributed by atoms with Crippen LogP contribution in [0.3, 0.4) is 0 Å². The van der Waals surface area contributed by atoms with Gasteiger partial charge in [-0.25, -0.2) is 13.1 Å². The van der Waals surface area contributed by atoms with Crippen molar-refractivity contribution in [3.05, 3.63) is 29.8 Å². The van der Waals surface area contributed by atoms with Crippen molar-refractivity contribution in [2.24, 2.45) is 11.1 Å². The third-order valence-electron chi connectivity index (χ3n) is 4.19. The zero-order chi connectivity index (χ0) is 14.8. The molecule has 112 valence electrons. The van der Waals surface area contributed by atoms with Crippen molar-refractivity contribution in [3.8, 4) is 0 Å². The van der Waals surface area contributed by atoms with Gasteiger partial charge in [-0.05, 0) is 42.9 Å². The predicted octanol–water partition coefficient (Wildman–Crippen LogP) is 2.56. The molecule has 0 bridgehead atoms. The molecule has 0 aliphatic heterocycles. The Labute approximate surface area is 121 Å². The normalized spacial score (nSPS) is 19.9. The number of sulfonamides is 1. The van der Waals surface area contributed by atoms with Gasteiger partial charge in [0.2, 0.25) is 10.0 Å². The van der Waals surface area contributed by atoms with Crippen molar-refractivity contribution >= 4 is 10.0 Å². The second kappa shape index (κ2) is 5.84. The van der Waals surface area contributed by atoms with Crippen LogP contribution < -0.4 is 10.5 Å². The van der Waals surface area contributed by atoms with E-state index in [4.69, 9.17) is 5.73 Å². The SMILES string of the molecule is CC(N)c1cccc(S(=O)(=O)NCC2(C)CCCC2)c1. The number of hydrogen-bond acceptors (Lipinski definition) is 3. The van der Waals surface area contributed by atoms with E-state index in [1.54, 1.807) is 18.2 Å². The van der Waals surface area contributed by atoms with E-state index in [1.807, 2.05) is 13.0 Å². The molecule has 20 heavy (non-hydrogen) atoms. The highest BCUT2D eigenvalue weighted by Gasteiger charge is 2.30. The highest BCUT2D eigenvalue weighted by atomic mass is 32.2. The quantitative estimate of drug-likeness (QED) is 0.877. The summed E-state index contributed by atoms with van der Waals surface area (Å²) in [6, 6.07) is 6.69. The van der Waals surface area contributed by atoms with Crippen LogP contribution in [0.1, 0.15) is 51.1 Å². The fraction of sp³-hybridized carbons (Fsp3) is 0.600. The molecule has 0 spiro atoms. The molecule has 0 amide bonds. The molecule has 0 radical (unpaired) electrons. The molecule has 1 aromatic carbocycles. The Balaban J connectivity index is 2.12. The van der Waals surface area contributed by atoms with Crippen LogP contribution in [0.4, 0.5) is 0 Å². The highest BCUT2D eigenvalue weighted by Crippen LogP contribution is 2.37. The van der Waals surface area contributed by atoms with Crippen LogP contribution in [-0.4, -0.2) is 15.0 Å². The van der Waals surface area contributed by atoms with Crippen LogP contribution in [0.15, 0.2) is 29.2 Å². The van der Waals surface area contributed by atoms with Crippen molar-refractivity contribution in [1.29, 1.82) is 0 Å². The van der Waals surface area contributed by atoms with E-state index >= 15 is 0 Å². The van der Waals surface area contributed by atoms with Crippen molar-refractivity contribution in [2.75, 3.05) is 6.54 Å². The number of hydrogen-bond donors (Lipinski definition) is 2. The number of nitrogens with one attached hydrogen (secondary N) is 1. The average Bonchev–Trinajstić information content (AvgIpc) is 2.84. The minimum absolute atomic E-state index is 0.103. The van der Waals surface area contributed by atoms with Gasteiger partial charge in [0.05, 0.1) is 4.90 Å². The summed E-state index contributed by atoms with van der Waals surface area (Å²) < 4.78 is 27.5. The van der Waals surface area contributed by atoms with E-state index < -0.39 is 10.0 Å². The minimum Gasteiger partial charge on any atom is -0.324 e. The zero-order valence-electron chi connectivity index (χ0n) is 12.2. The third-order valence-corrected chi connectivity index (χ3v) is 5.59. The summed E-state index contributed by atoms with van der Waals surface area (Å²) in [6.07, 6.45) is 4.57. The molecule has 1 unspecified atom stereocenters. The van der Waals surface area contributed by atoms with E-state index in [9.17, 15) is 8.42 Å². The first-order valence-corrected chi connectivity index (χ1v) is 8.66. The summed E-state index contributed by atoms with van der Waals surface area (Å²) in [7, 11) is -3.45. The van der Waals surface area contributed by atoms with E-state index in [2.05, 4.69) is 11.6 Å². The van der Waals surface area contributed by atoms with Gasteiger partial charge in [-0.1, -0.05) is 31.9 Å². The second-order valence-electron chi connectivity index (χ2n) is 6.20. The van der Waals surface area contributed by atoms with Crippen molar-refractivity contribution < 1.29 is 8.42 Å². The van der Waals surface area contributed by atoms with Gasteiger partial charge in [-0.2, -0.15) is 0 Å². The largest absolute Gasteiger partial charge is 0.324 e. The average molecular weight is 296 g/mol. The van der Waals surface area contributed by atoms with Gasteiger partial charge in [0.1, 0.15) is 0 Å². The van der Waals surface area contributed by atoms with E-state index in [0.29, 0.717) is 11.4 Å². The zero-order valence-corrected chi connectivity index (χ0v) is 13.0. The summed E-state index contributed by atoms with van der Waals surface area (Å²) in [6.45, 7) is 4.51. The molecule has 1 atom stereocenters. The molecule has 1 aromatic rings. The van der Waals surface area contributed by atoms with Gasteiger partial charge in [-0.15, -0.1) is 0 Å². The van der Waals surface area contributed by atoms with Gasteiger partial charge in [0.15, 0.2) is 0 Å². The number of nitrogens with two attached hydrogens (primary N) is 1. The molecule has 5 heteroatoms. The lowest BCUT2D eigenvalue weighted by molar-refractivity contribution is 0.336. The molecule has 2 rings (SSSR count).